The highest BCUT2D eigenvalue weighted by molar-refractivity contribution is 5.73. The van der Waals surface area contributed by atoms with E-state index in [0.29, 0.717) is 19.7 Å². The van der Waals surface area contributed by atoms with Crippen molar-refractivity contribution in [3.8, 4) is 0 Å². The van der Waals surface area contributed by atoms with Crippen LogP contribution in [0.15, 0.2) is 0 Å². The van der Waals surface area contributed by atoms with E-state index in [1.165, 1.54) is 6.42 Å². The molecule has 8 heteroatoms. The molecule has 3 aliphatic rings. The lowest BCUT2D eigenvalue weighted by molar-refractivity contribution is -0.186. The third-order valence-electron chi connectivity index (χ3n) is 5.42. The fourth-order valence-corrected chi connectivity index (χ4v) is 4.02. The van der Waals surface area contributed by atoms with Gasteiger partial charge in [0.2, 0.25) is 0 Å². The second kappa shape index (κ2) is 6.92. The minimum atomic E-state index is -0.387. The molecule has 138 valence electrons. The standard InChI is InChI=1S/C17H27N5O3/c1-21(11-15-20-19-14-6-5-9-22(14)15)16(23)18-10-13-12-24-17(25-13)7-3-2-4-8-17/h13H,2-12H2,1H3,(H,18,23). The number of carbonyl (C=O) groups excluding carboxylic acids is 1. The number of hydrogen-bond acceptors (Lipinski definition) is 5. The summed E-state index contributed by atoms with van der Waals surface area (Å²) in [6, 6.07) is -0.122. The molecule has 1 aromatic rings. The van der Waals surface area contributed by atoms with E-state index >= 15 is 0 Å². The molecular weight excluding hydrogens is 322 g/mol. The summed E-state index contributed by atoms with van der Waals surface area (Å²) >= 11 is 0. The van der Waals surface area contributed by atoms with Gasteiger partial charge in [0.05, 0.1) is 13.2 Å². The first-order valence-corrected chi connectivity index (χ1v) is 9.37. The molecule has 1 unspecified atom stereocenters. The van der Waals surface area contributed by atoms with Crippen LogP contribution in [-0.2, 0) is 29.0 Å². The average molecular weight is 349 g/mol. The molecule has 2 fully saturated rings. The number of fused-ring (bicyclic) bond motifs is 1. The number of hydrogen-bond donors (Lipinski definition) is 1. The van der Waals surface area contributed by atoms with Crippen molar-refractivity contribution in [2.75, 3.05) is 20.2 Å². The Kier molecular flexibility index (Phi) is 4.64. The second-order valence-corrected chi connectivity index (χ2v) is 7.35. The number of rotatable bonds is 4. The van der Waals surface area contributed by atoms with Crippen LogP contribution in [0, 0.1) is 0 Å². The van der Waals surface area contributed by atoms with Gasteiger partial charge >= 0.3 is 6.03 Å². The van der Waals surface area contributed by atoms with E-state index in [9.17, 15) is 4.79 Å². The Balaban J connectivity index is 1.24. The molecule has 1 saturated carbocycles. The van der Waals surface area contributed by atoms with E-state index in [4.69, 9.17) is 9.47 Å². The SMILES string of the molecule is CN(Cc1nnc2n1CCC2)C(=O)NCC1COC2(CCCCC2)O1. The number of aromatic nitrogens is 3. The van der Waals surface area contributed by atoms with Crippen molar-refractivity contribution in [3.63, 3.8) is 0 Å². The van der Waals surface area contributed by atoms with Crippen LogP contribution in [0.5, 0.6) is 0 Å². The largest absolute Gasteiger partial charge is 0.347 e. The predicted molar refractivity (Wildman–Crippen MR) is 89.8 cm³/mol. The second-order valence-electron chi connectivity index (χ2n) is 7.35. The van der Waals surface area contributed by atoms with Crippen LogP contribution in [0.2, 0.25) is 0 Å². The van der Waals surface area contributed by atoms with E-state index in [-0.39, 0.29) is 17.9 Å². The molecule has 4 rings (SSSR count). The Bertz CT molecular complexity index is 626. The summed E-state index contributed by atoms with van der Waals surface area (Å²) < 4.78 is 14.1. The maximum absolute atomic E-state index is 12.4. The molecule has 1 aliphatic carbocycles. The molecule has 2 amide bonds. The van der Waals surface area contributed by atoms with E-state index in [1.54, 1.807) is 11.9 Å². The average Bonchev–Trinajstić information content (AvgIpc) is 3.32. The van der Waals surface area contributed by atoms with Gasteiger partial charge in [-0.15, -0.1) is 10.2 Å². The monoisotopic (exact) mass is 349 g/mol. The molecule has 1 saturated heterocycles. The molecule has 1 spiro atoms. The smallest absolute Gasteiger partial charge is 0.317 e. The Morgan fingerprint density at radius 2 is 2.16 bits per heavy atom. The third kappa shape index (κ3) is 3.50. The minimum Gasteiger partial charge on any atom is -0.347 e. The summed E-state index contributed by atoms with van der Waals surface area (Å²) in [4.78, 5) is 14.0. The lowest BCUT2D eigenvalue weighted by atomic mass is 9.94. The van der Waals surface area contributed by atoms with Crippen molar-refractivity contribution in [1.82, 2.24) is 25.0 Å². The Hall–Kier alpha value is -1.67. The number of carbonyl (C=O) groups is 1. The van der Waals surface area contributed by atoms with Gasteiger partial charge in [-0.05, 0) is 19.3 Å². The summed E-state index contributed by atoms with van der Waals surface area (Å²) in [6.07, 6.45) is 7.53. The highest BCUT2D eigenvalue weighted by atomic mass is 16.7. The van der Waals surface area contributed by atoms with Gasteiger partial charge in [0, 0.05) is 39.4 Å². The summed E-state index contributed by atoms with van der Waals surface area (Å²) in [7, 11) is 1.78. The van der Waals surface area contributed by atoms with Gasteiger partial charge in [-0.2, -0.15) is 0 Å². The van der Waals surface area contributed by atoms with E-state index < -0.39 is 0 Å². The molecule has 0 aromatic carbocycles. The van der Waals surface area contributed by atoms with Crippen LogP contribution >= 0.6 is 0 Å². The molecule has 8 nitrogen and oxygen atoms in total. The van der Waals surface area contributed by atoms with Gasteiger partial charge in [0.25, 0.3) is 0 Å². The third-order valence-corrected chi connectivity index (χ3v) is 5.42. The van der Waals surface area contributed by atoms with Crippen molar-refractivity contribution < 1.29 is 14.3 Å². The first-order chi connectivity index (χ1) is 12.2. The lowest BCUT2D eigenvalue weighted by Gasteiger charge is -2.31. The van der Waals surface area contributed by atoms with Crippen molar-refractivity contribution in [2.45, 2.75) is 69.9 Å². The fourth-order valence-electron chi connectivity index (χ4n) is 4.02. The van der Waals surface area contributed by atoms with Gasteiger partial charge in [0.1, 0.15) is 11.9 Å². The summed E-state index contributed by atoms with van der Waals surface area (Å²) in [5, 5.41) is 11.3. The van der Waals surface area contributed by atoms with E-state index in [0.717, 1.165) is 56.7 Å². The number of nitrogens with zero attached hydrogens (tertiary/aromatic N) is 4. The summed E-state index contributed by atoms with van der Waals surface area (Å²) in [6.45, 7) is 2.44. The number of urea groups is 1. The molecule has 0 radical (unpaired) electrons. The Morgan fingerprint density at radius 3 is 3.00 bits per heavy atom. The first kappa shape index (κ1) is 16.8. The molecule has 1 aromatic heterocycles. The van der Waals surface area contributed by atoms with Gasteiger partial charge < -0.3 is 24.3 Å². The van der Waals surface area contributed by atoms with E-state index in [1.807, 2.05) is 0 Å². The van der Waals surface area contributed by atoms with Crippen molar-refractivity contribution in [1.29, 1.82) is 0 Å². The normalized spacial score (nSPS) is 24.4. The van der Waals surface area contributed by atoms with Gasteiger partial charge in [-0.3, -0.25) is 0 Å². The van der Waals surface area contributed by atoms with Crippen molar-refractivity contribution in [3.05, 3.63) is 11.6 Å². The maximum Gasteiger partial charge on any atom is 0.317 e. The van der Waals surface area contributed by atoms with Crippen molar-refractivity contribution in [2.24, 2.45) is 0 Å². The van der Waals surface area contributed by atoms with Crippen LogP contribution in [0.4, 0.5) is 4.79 Å². The molecule has 2 aliphatic heterocycles. The lowest BCUT2D eigenvalue weighted by Crippen LogP contribution is -2.42. The predicted octanol–water partition coefficient (Wildman–Crippen LogP) is 1.44. The highest BCUT2D eigenvalue weighted by Gasteiger charge is 2.42. The van der Waals surface area contributed by atoms with Crippen molar-refractivity contribution >= 4 is 6.03 Å². The topological polar surface area (TPSA) is 81.5 Å². The fraction of sp³-hybridized carbons (Fsp3) is 0.824. The number of aryl methyl sites for hydroxylation is 1. The quantitative estimate of drug-likeness (QED) is 0.889. The molecule has 0 bridgehead atoms. The first-order valence-electron chi connectivity index (χ1n) is 9.37. The van der Waals surface area contributed by atoms with Crippen LogP contribution in [0.25, 0.3) is 0 Å². The van der Waals surface area contributed by atoms with Crippen LogP contribution in [0.1, 0.15) is 50.2 Å². The maximum atomic E-state index is 12.4. The minimum absolute atomic E-state index is 0.0622. The number of nitrogens with one attached hydrogen (secondary N) is 1. The molecule has 1 atom stereocenters. The summed E-state index contributed by atoms with van der Waals surface area (Å²) in [5.41, 5.74) is 0. The number of ether oxygens (including phenoxy) is 2. The Morgan fingerprint density at radius 1 is 1.32 bits per heavy atom. The zero-order valence-electron chi connectivity index (χ0n) is 14.9. The highest BCUT2D eigenvalue weighted by Crippen LogP contribution is 2.37. The van der Waals surface area contributed by atoms with E-state index in [2.05, 4.69) is 20.1 Å². The Labute approximate surface area is 147 Å². The zero-order chi connectivity index (χ0) is 17.3. The van der Waals surface area contributed by atoms with Crippen LogP contribution in [0.3, 0.4) is 0 Å². The van der Waals surface area contributed by atoms with Gasteiger partial charge in [-0.1, -0.05) is 6.42 Å². The number of amides is 2. The molecular formula is C17H27N5O3. The summed E-state index contributed by atoms with van der Waals surface area (Å²) in [5.74, 6) is 1.49. The molecule has 25 heavy (non-hydrogen) atoms. The molecule has 1 N–H and O–H groups in total. The molecule has 3 heterocycles. The zero-order valence-corrected chi connectivity index (χ0v) is 14.9. The van der Waals surface area contributed by atoms with Gasteiger partial charge in [0.15, 0.2) is 11.6 Å². The van der Waals surface area contributed by atoms with Crippen LogP contribution in [-0.4, -0.2) is 57.8 Å². The van der Waals surface area contributed by atoms with Crippen LogP contribution < -0.4 is 5.32 Å². The van der Waals surface area contributed by atoms with Gasteiger partial charge in [-0.25, -0.2) is 4.79 Å².